The van der Waals surface area contributed by atoms with Gasteiger partial charge in [-0.1, -0.05) is 6.07 Å². The number of benzene rings is 1. The van der Waals surface area contributed by atoms with E-state index in [1.807, 2.05) is 13.8 Å². The molecule has 0 aromatic heterocycles. The third-order valence-electron chi connectivity index (χ3n) is 2.45. The van der Waals surface area contributed by atoms with E-state index in [0.717, 1.165) is 5.56 Å². The molecule has 1 aromatic rings. The molecule has 0 aliphatic heterocycles. The number of carboxylic acid groups (broad SMARTS) is 1. The highest BCUT2D eigenvalue weighted by Gasteiger charge is 2.09. The smallest absolute Gasteiger partial charge is 0.337 e. The zero-order valence-corrected chi connectivity index (χ0v) is 10.6. The zero-order chi connectivity index (χ0) is 13.5. The highest BCUT2D eigenvalue weighted by Crippen LogP contribution is 2.17. The van der Waals surface area contributed by atoms with Crippen LogP contribution in [-0.2, 0) is 4.79 Å². The molecule has 0 saturated carbocycles. The van der Waals surface area contributed by atoms with Crippen molar-refractivity contribution in [2.24, 2.45) is 0 Å². The first-order valence-corrected chi connectivity index (χ1v) is 5.89. The van der Waals surface area contributed by atoms with Crippen LogP contribution in [0, 0.1) is 6.92 Å². The molecule has 3 N–H and O–H groups in total. The molecule has 1 rings (SSSR count). The van der Waals surface area contributed by atoms with Crippen molar-refractivity contribution >= 4 is 17.6 Å². The van der Waals surface area contributed by atoms with Crippen molar-refractivity contribution in [3.8, 4) is 0 Å². The molecular formula is C13H18N2O3. The minimum atomic E-state index is -0.976. The van der Waals surface area contributed by atoms with Crippen LogP contribution in [-0.4, -0.2) is 30.1 Å². The predicted octanol–water partition coefficient (Wildman–Crippen LogP) is 1.63. The molecule has 1 aromatic carbocycles. The van der Waals surface area contributed by atoms with Crippen LogP contribution < -0.4 is 10.6 Å². The number of hydrogen-bond donors (Lipinski definition) is 3. The predicted molar refractivity (Wildman–Crippen MR) is 69.9 cm³/mol. The Bertz CT molecular complexity index is 444. The largest absolute Gasteiger partial charge is 0.478 e. The van der Waals surface area contributed by atoms with E-state index in [4.69, 9.17) is 5.11 Å². The molecule has 5 nitrogen and oxygen atoms in total. The van der Waals surface area contributed by atoms with Crippen molar-refractivity contribution in [1.82, 2.24) is 5.32 Å². The van der Waals surface area contributed by atoms with Gasteiger partial charge in [0.25, 0.3) is 0 Å². The van der Waals surface area contributed by atoms with Crippen LogP contribution in [0.25, 0.3) is 0 Å². The Labute approximate surface area is 106 Å². The van der Waals surface area contributed by atoms with Crippen molar-refractivity contribution in [2.45, 2.75) is 20.3 Å². The Morgan fingerprint density at radius 1 is 1.33 bits per heavy atom. The van der Waals surface area contributed by atoms with Gasteiger partial charge >= 0.3 is 5.97 Å². The minimum absolute atomic E-state index is 0.0467. The summed E-state index contributed by atoms with van der Waals surface area (Å²) in [5, 5.41) is 14.7. The van der Waals surface area contributed by atoms with Crippen LogP contribution in [0.3, 0.4) is 0 Å². The molecule has 0 bridgehead atoms. The van der Waals surface area contributed by atoms with Crippen LogP contribution in [0.15, 0.2) is 18.2 Å². The number of aromatic carboxylic acids is 1. The second-order valence-corrected chi connectivity index (χ2v) is 3.98. The molecule has 0 spiro atoms. The number of carbonyl (C=O) groups is 2. The lowest BCUT2D eigenvalue weighted by atomic mass is 10.1. The number of amides is 1. The average molecular weight is 250 g/mol. The van der Waals surface area contributed by atoms with Gasteiger partial charge in [0.2, 0.25) is 5.91 Å². The average Bonchev–Trinajstić information content (AvgIpc) is 2.29. The van der Waals surface area contributed by atoms with E-state index in [0.29, 0.717) is 25.2 Å². The molecule has 0 fully saturated rings. The molecule has 0 saturated heterocycles. The summed E-state index contributed by atoms with van der Waals surface area (Å²) in [7, 11) is 0. The molecule has 98 valence electrons. The molecule has 0 atom stereocenters. The van der Waals surface area contributed by atoms with Crippen molar-refractivity contribution in [3.63, 3.8) is 0 Å². The molecular weight excluding hydrogens is 232 g/mol. The van der Waals surface area contributed by atoms with Gasteiger partial charge in [0, 0.05) is 25.2 Å². The summed E-state index contributed by atoms with van der Waals surface area (Å²) < 4.78 is 0. The second-order valence-electron chi connectivity index (χ2n) is 3.98. The zero-order valence-electron chi connectivity index (χ0n) is 10.6. The van der Waals surface area contributed by atoms with Crippen LogP contribution in [0.4, 0.5) is 5.69 Å². The minimum Gasteiger partial charge on any atom is -0.478 e. The van der Waals surface area contributed by atoms with Gasteiger partial charge in [0.05, 0.1) is 5.56 Å². The standard InChI is InChI=1S/C13H18N2O3/c1-3-14-12(16)6-7-15-11-8-9(2)4-5-10(11)13(17)18/h4-5,8,15H,3,6-7H2,1-2H3,(H,14,16)(H,17,18). The molecule has 1 amide bonds. The van der Waals surface area contributed by atoms with Gasteiger partial charge in [-0.25, -0.2) is 4.79 Å². The molecule has 0 heterocycles. The highest BCUT2D eigenvalue weighted by molar-refractivity contribution is 5.94. The lowest BCUT2D eigenvalue weighted by Crippen LogP contribution is -2.25. The fourth-order valence-electron chi connectivity index (χ4n) is 1.59. The van der Waals surface area contributed by atoms with Gasteiger partial charge in [-0.3, -0.25) is 4.79 Å². The van der Waals surface area contributed by atoms with Gasteiger partial charge in [-0.2, -0.15) is 0 Å². The van der Waals surface area contributed by atoms with E-state index in [9.17, 15) is 9.59 Å². The Morgan fingerprint density at radius 3 is 2.67 bits per heavy atom. The summed E-state index contributed by atoms with van der Waals surface area (Å²) in [6.07, 6.45) is 0.320. The van der Waals surface area contributed by atoms with E-state index in [1.54, 1.807) is 18.2 Å². The lowest BCUT2D eigenvalue weighted by molar-refractivity contribution is -0.120. The highest BCUT2D eigenvalue weighted by atomic mass is 16.4. The maximum Gasteiger partial charge on any atom is 0.337 e. The summed E-state index contributed by atoms with van der Waals surface area (Å²) in [4.78, 5) is 22.3. The monoisotopic (exact) mass is 250 g/mol. The van der Waals surface area contributed by atoms with Crippen molar-refractivity contribution in [1.29, 1.82) is 0 Å². The van der Waals surface area contributed by atoms with Crippen molar-refractivity contribution < 1.29 is 14.7 Å². The Balaban J connectivity index is 2.63. The van der Waals surface area contributed by atoms with Crippen LogP contribution in [0.5, 0.6) is 0 Å². The number of carbonyl (C=O) groups excluding carboxylic acids is 1. The van der Waals surface area contributed by atoms with Crippen LogP contribution in [0.1, 0.15) is 29.3 Å². The fourth-order valence-corrected chi connectivity index (χ4v) is 1.59. The van der Waals surface area contributed by atoms with Crippen LogP contribution in [0.2, 0.25) is 0 Å². The van der Waals surface area contributed by atoms with E-state index >= 15 is 0 Å². The van der Waals surface area contributed by atoms with E-state index in [2.05, 4.69) is 10.6 Å². The normalized spacial score (nSPS) is 9.89. The number of nitrogens with one attached hydrogen (secondary N) is 2. The van der Waals surface area contributed by atoms with E-state index in [-0.39, 0.29) is 11.5 Å². The van der Waals surface area contributed by atoms with Gasteiger partial charge < -0.3 is 15.7 Å². The van der Waals surface area contributed by atoms with Gasteiger partial charge in [-0.15, -0.1) is 0 Å². The number of anilines is 1. The lowest BCUT2D eigenvalue weighted by Gasteiger charge is -2.10. The van der Waals surface area contributed by atoms with E-state index in [1.165, 1.54) is 0 Å². The van der Waals surface area contributed by atoms with Gasteiger partial charge in [0.1, 0.15) is 0 Å². The third kappa shape index (κ3) is 4.08. The van der Waals surface area contributed by atoms with Gasteiger partial charge in [0.15, 0.2) is 0 Å². The Kier molecular flexibility index (Phi) is 5.17. The molecule has 18 heavy (non-hydrogen) atoms. The van der Waals surface area contributed by atoms with Gasteiger partial charge in [-0.05, 0) is 31.5 Å². The quantitative estimate of drug-likeness (QED) is 0.717. The first-order chi connectivity index (χ1) is 8.54. The summed E-state index contributed by atoms with van der Waals surface area (Å²) >= 11 is 0. The van der Waals surface area contributed by atoms with E-state index < -0.39 is 5.97 Å². The number of rotatable bonds is 6. The summed E-state index contributed by atoms with van der Waals surface area (Å²) in [5.74, 6) is -1.02. The first kappa shape index (κ1) is 14.0. The second kappa shape index (κ2) is 6.64. The Hall–Kier alpha value is -2.04. The molecule has 0 unspecified atom stereocenters. The molecule has 0 radical (unpaired) electrons. The molecule has 0 aliphatic carbocycles. The first-order valence-electron chi connectivity index (χ1n) is 5.89. The number of hydrogen-bond acceptors (Lipinski definition) is 3. The third-order valence-corrected chi connectivity index (χ3v) is 2.45. The Morgan fingerprint density at radius 2 is 2.06 bits per heavy atom. The fraction of sp³-hybridized carbons (Fsp3) is 0.385. The number of aryl methyl sites for hydroxylation is 1. The number of carboxylic acids is 1. The maximum absolute atomic E-state index is 11.3. The van der Waals surface area contributed by atoms with Crippen molar-refractivity contribution in [2.75, 3.05) is 18.4 Å². The van der Waals surface area contributed by atoms with Crippen LogP contribution >= 0.6 is 0 Å². The topological polar surface area (TPSA) is 78.4 Å². The summed E-state index contributed by atoms with van der Waals surface area (Å²) in [5.41, 5.74) is 1.74. The SMILES string of the molecule is CCNC(=O)CCNc1cc(C)ccc1C(=O)O. The molecule has 5 heteroatoms. The summed E-state index contributed by atoms with van der Waals surface area (Å²) in [6, 6.07) is 5.08. The summed E-state index contributed by atoms with van der Waals surface area (Å²) in [6.45, 7) is 4.76. The molecule has 0 aliphatic rings. The van der Waals surface area contributed by atoms with Crippen molar-refractivity contribution in [3.05, 3.63) is 29.3 Å². The maximum atomic E-state index is 11.3.